The predicted octanol–water partition coefficient (Wildman–Crippen LogP) is 4.16. The standard InChI is InChI=1S/C16H12F2O3/c1-10-2-3-11(4-7-16(19)20)8-15(10)21-14-6-5-12(17)9-13(14)18/h2-9H,1H3,(H,19,20)/b7-4+. The summed E-state index contributed by atoms with van der Waals surface area (Å²) in [5, 5.41) is 8.59. The molecule has 21 heavy (non-hydrogen) atoms. The van der Waals surface area contributed by atoms with Crippen LogP contribution in [0.4, 0.5) is 8.78 Å². The zero-order valence-corrected chi connectivity index (χ0v) is 11.1. The Morgan fingerprint density at radius 2 is 1.90 bits per heavy atom. The number of halogens is 2. The number of rotatable bonds is 4. The smallest absolute Gasteiger partial charge is 0.328 e. The number of ether oxygens (including phenoxy) is 1. The van der Waals surface area contributed by atoms with Gasteiger partial charge in [0.1, 0.15) is 11.6 Å². The molecule has 0 fully saturated rings. The Morgan fingerprint density at radius 1 is 1.14 bits per heavy atom. The van der Waals surface area contributed by atoms with Gasteiger partial charge in [0.15, 0.2) is 11.6 Å². The molecule has 0 aliphatic carbocycles. The van der Waals surface area contributed by atoms with E-state index in [1.807, 2.05) is 0 Å². The normalized spacial score (nSPS) is 10.8. The van der Waals surface area contributed by atoms with Crippen LogP contribution in [0.1, 0.15) is 11.1 Å². The first kappa shape index (κ1) is 14.7. The highest BCUT2D eigenvalue weighted by Crippen LogP contribution is 2.28. The maximum absolute atomic E-state index is 13.6. The molecule has 108 valence electrons. The van der Waals surface area contributed by atoms with Crippen molar-refractivity contribution in [2.24, 2.45) is 0 Å². The summed E-state index contributed by atoms with van der Waals surface area (Å²) in [6.45, 7) is 1.77. The Labute approximate surface area is 120 Å². The van der Waals surface area contributed by atoms with Crippen LogP contribution in [0.5, 0.6) is 11.5 Å². The van der Waals surface area contributed by atoms with Crippen molar-refractivity contribution in [3.05, 3.63) is 65.2 Å². The Balaban J connectivity index is 2.30. The van der Waals surface area contributed by atoms with Crippen LogP contribution >= 0.6 is 0 Å². The van der Waals surface area contributed by atoms with Gasteiger partial charge in [0.05, 0.1) is 0 Å². The minimum Gasteiger partial charge on any atom is -0.478 e. The third kappa shape index (κ3) is 3.89. The number of hydrogen-bond acceptors (Lipinski definition) is 2. The molecule has 0 aromatic heterocycles. The van der Waals surface area contributed by atoms with Crippen molar-refractivity contribution < 1.29 is 23.4 Å². The van der Waals surface area contributed by atoms with Gasteiger partial charge in [-0.3, -0.25) is 0 Å². The van der Waals surface area contributed by atoms with Gasteiger partial charge in [-0.1, -0.05) is 12.1 Å². The topological polar surface area (TPSA) is 46.5 Å². The van der Waals surface area contributed by atoms with E-state index < -0.39 is 17.6 Å². The second-order valence-electron chi connectivity index (χ2n) is 4.37. The molecule has 0 aliphatic heterocycles. The molecule has 5 heteroatoms. The van der Waals surface area contributed by atoms with Crippen LogP contribution in [0, 0.1) is 18.6 Å². The van der Waals surface area contributed by atoms with Gasteiger partial charge in [-0.05, 0) is 42.3 Å². The predicted molar refractivity (Wildman–Crippen MR) is 74.3 cm³/mol. The molecular formula is C16H12F2O3. The average Bonchev–Trinajstić information content (AvgIpc) is 2.42. The zero-order valence-electron chi connectivity index (χ0n) is 11.1. The maximum Gasteiger partial charge on any atom is 0.328 e. The molecule has 0 atom stereocenters. The molecule has 0 amide bonds. The Kier molecular flexibility index (Phi) is 4.33. The summed E-state index contributed by atoms with van der Waals surface area (Å²) in [7, 11) is 0. The Hall–Kier alpha value is -2.69. The first-order valence-corrected chi connectivity index (χ1v) is 6.10. The van der Waals surface area contributed by atoms with Gasteiger partial charge in [0, 0.05) is 12.1 Å². The van der Waals surface area contributed by atoms with Gasteiger partial charge < -0.3 is 9.84 Å². The molecule has 0 heterocycles. The van der Waals surface area contributed by atoms with Crippen LogP contribution < -0.4 is 4.74 Å². The van der Waals surface area contributed by atoms with Crippen molar-refractivity contribution in [1.29, 1.82) is 0 Å². The summed E-state index contributed by atoms with van der Waals surface area (Å²) < 4.78 is 31.8. The summed E-state index contributed by atoms with van der Waals surface area (Å²) in [5.74, 6) is -2.29. The molecule has 0 bridgehead atoms. The van der Waals surface area contributed by atoms with Crippen LogP contribution in [0.3, 0.4) is 0 Å². The van der Waals surface area contributed by atoms with Crippen molar-refractivity contribution in [2.45, 2.75) is 6.92 Å². The first-order chi connectivity index (χ1) is 9.95. The summed E-state index contributed by atoms with van der Waals surface area (Å²) in [4.78, 5) is 10.5. The highest BCUT2D eigenvalue weighted by atomic mass is 19.1. The van der Waals surface area contributed by atoms with Crippen LogP contribution in [0.2, 0.25) is 0 Å². The van der Waals surface area contributed by atoms with Gasteiger partial charge in [0.2, 0.25) is 0 Å². The molecule has 2 aromatic carbocycles. The van der Waals surface area contributed by atoms with Crippen LogP contribution in [-0.4, -0.2) is 11.1 Å². The van der Waals surface area contributed by atoms with Crippen molar-refractivity contribution in [3.8, 4) is 11.5 Å². The van der Waals surface area contributed by atoms with Crippen molar-refractivity contribution in [2.75, 3.05) is 0 Å². The molecule has 1 N–H and O–H groups in total. The molecule has 0 spiro atoms. The fourth-order valence-electron chi connectivity index (χ4n) is 1.67. The molecule has 3 nitrogen and oxygen atoms in total. The third-order valence-corrected chi connectivity index (χ3v) is 2.74. The van der Waals surface area contributed by atoms with Gasteiger partial charge in [-0.2, -0.15) is 0 Å². The minimum absolute atomic E-state index is 0.0983. The third-order valence-electron chi connectivity index (χ3n) is 2.74. The van der Waals surface area contributed by atoms with E-state index in [1.165, 1.54) is 12.1 Å². The number of carboxylic acids is 1. The summed E-state index contributed by atoms with van der Waals surface area (Å²) in [6, 6.07) is 8.04. The summed E-state index contributed by atoms with van der Waals surface area (Å²) in [5.41, 5.74) is 1.34. The minimum atomic E-state index is -1.07. The van der Waals surface area contributed by atoms with Crippen LogP contribution in [0.15, 0.2) is 42.5 Å². The lowest BCUT2D eigenvalue weighted by molar-refractivity contribution is -0.131. The largest absolute Gasteiger partial charge is 0.478 e. The molecular weight excluding hydrogens is 278 g/mol. The molecule has 2 rings (SSSR count). The first-order valence-electron chi connectivity index (χ1n) is 6.10. The lowest BCUT2D eigenvalue weighted by Crippen LogP contribution is -1.92. The van der Waals surface area contributed by atoms with Crippen molar-refractivity contribution in [3.63, 3.8) is 0 Å². The van der Waals surface area contributed by atoms with Crippen molar-refractivity contribution >= 4 is 12.0 Å². The van der Waals surface area contributed by atoms with Gasteiger partial charge in [0.25, 0.3) is 0 Å². The number of aryl methyl sites for hydroxylation is 1. The Bertz CT molecular complexity index is 709. The van der Waals surface area contributed by atoms with E-state index in [9.17, 15) is 13.6 Å². The summed E-state index contributed by atoms with van der Waals surface area (Å²) >= 11 is 0. The zero-order chi connectivity index (χ0) is 15.4. The molecule has 0 saturated carbocycles. The number of carbonyl (C=O) groups is 1. The average molecular weight is 290 g/mol. The SMILES string of the molecule is Cc1ccc(/C=C/C(=O)O)cc1Oc1ccc(F)cc1F. The maximum atomic E-state index is 13.6. The van der Waals surface area contributed by atoms with E-state index in [0.717, 1.165) is 23.8 Å². The number of hydrogen-bond donors (Lipinski definition) is 1. The quantitative estimate of drug-likeness (QED) is 0.860. The fraction of sp³-hybridized carbons (Fsp3) is 0.0625. The highest BCUT2D eigenvalue weighted by molar-refractivity contribution is 5.85. The van der Waals surface area contributed by atoms with E-state index >= 15 is 0 Å². The lowest BCUT2D eigenvalue weighted by atomic mass is 10.1. The van der Waals surface area contributed by atoms with E-state index in [0.29, 0.717) is 11.3 Å². The second kappa shape index (κ2) is 6.17. The molecule has 0 radical (unpaired) electrons. The number of benzene rings is 2. The fourth-order valence-corrected chi connectivity index (χ4v) is 1.67. The van der Waals surface area contributed by atoms with E-state index in [1.54, 1.807) is 25.1 Å². The molecule has 2 aromatic rings. The van der Waals surface area contributed by atoms with E-state index in [-0.39, 0.29) is 5.75 Å². The lowest BCUT2D eigenvalue weighted by Gasteiger charge is -2.10. The van der Waals surface area contributed by atoms with Gasteiger partial charge in [-0.25, -0.2) is 13.6 Å². The molecule has 0 unspecified atom stereocenters. The van der Waals surface area contributed by atoms with Gasteiger partial charge in [-0.15, -0.1) is 0 Å². The van der Waals surface area contributed by atoms with Crippen molar-refractivity contribution in [1.82, 2.24) is 0 Å². The summed E-state index contributed by atoms with van der Waals surface area (Å²) in [6.07, 6.45) is 2.39. The monoisotopic (exact) mass is 290 g/mol. The van der Waals surface area contributed by atoms with Crippen LogP contribution in [0.25, 0.3) is 6.08 Å². The molecule has 0 saturated heterocycles. The Morgan fingerprint density at radius 3 is 2.57 bits per heavy atom. The molecule has 0 aliphatic rings. The number of aliphatic carboxylic acids is 1. The van der Waals surface area contributed by atoms with E-state index in [4.69, 9.17) is 9.84 Å². The highest BCUT2D eigenvalue weighted by Gasteiger charge is 2.08. The van der Waals surface area contributed by atoms with Crippen LogP contribution in [-0.2, 0) is 4.79 Å². The van der Waals surface area contributed by atoms with E-state index in [2.05, 4.69) is 0 Å². The second-order valence-corrected chi connectivity index (χ2v) is 4.37. The van der Waals surface area contributed by atoms with Gasteiger partial charge >= 0.3 is 5.97 Å². The number of carboxylic acid groups (broad SMARTS) is 1.